The van der Waals surface area contributed by atoms with E-state index in [4.69, 9.17) is 17.0 Å². The van der Waals surface area contributed by atoms with Crippen LogP contribution >= 0.6 is 12.2 Å². The molecule has 0 aliphatic carbocycles. The SMILES string of the molecule is S=C1NC2CCC1O2. The first-order valence-electron chi connectivity index (χ1n) is 2.82. The minimum Gasteiger partial charge on any atom is -0.352 e. The summed E-state index contributed by atoms with van der Waals surface area (Å²) < 4.78 is 5.33. The maximum atomic E-state index is 5.33. The minimum atomic E-state index is 0.257. The summed E-state index contributed by atoms with van der Waals surface area (Å²) in [4.78, 5) is 0.904. The molecular weight excluding hydrogens is 122 g/mol. The lowest BCUT2D eigenvalue weighted by Crippen LogP contribution is -2.30. The fraction of sp³-hybridized carbons (Fsp3) is 0.800. The summed E-state index contributed by atoms with van der Waals surface area (Å²) in [5.74, 6) is 0. The van der Waals surface area contributed by atoms with Crippen LogP contribution in [-0.4, -0.2) is 17.3 Å². The number of ether oxygens (including phenoxy) is 1. The highest BCUT2D eigenvalue weighted by Gasteiger charge is 2.35. The molecule has 2 aliphatic rings. The molecule has 3 heteroatoms. The molecule has 2 unspecified atom stereocenters. The van der Waals surface area contributed by atoms with Gasteiger partial charge in [0.15, 0.2) is 0 Å². The van der Waals surface area contributed by atoms with Crippen LogP contribution in [0.1, 0.15) is 12.8 Å². The van der Waals surface area contributed by atoms with Crippen LogP contribution in [0.15, 0.2) is 0 Å². The average Bonchev–Trinajstić information content (AvgIpc) is 2.23. The van der Waals surface area contributed by atoms with E-state index in [1.54, 1.807) is 0 Å². The van der Waals surface area contributed by atoms with Crippen molar-refractivity contribution >= 4 is 17.2 Å². The van der Waals surface area contributed by atoms with Gasteiger partial charge in [0.25, 0.3) is 0 Å². The fourth-order valence-corrected chi connectivity index (χ4v) is 1.49. The third-order valence-electron chi connectivity index (χ3n) is 1.62. The molecule has 8 heavy (non-hydrogen) atoms. The summed E-state index contributed by atoms with van der Waals surface area (Å²) in [6.45, 7) is 0. The van der Waals surface area contributed by atoms with Crippen LogP contribution in [0.5, 0.6) is 0 Å². The third-order valence-corrected chi connectivity index (χ3v) is 2.00. The van der Waals surface area contributed by atoms with Crippen LogP contribution in [0.25, 0.3) is 0 Å². The maximum absolute atomic E-state index is 5.33. The van der Waals surface area contributed by atoms with Crippen LogP contribution in [0.4, 0.5) is 0 Å². The standard InChI is InChI=1S/C5H7NOS/c8-5-3-1-2-4(6-5)7-3/h3-4H,1-2H2,(H,6,8). The second kappa shape index (κ2) is 1.42. The molecule has 2 bridgehead atoms. The van der Waals surface area contributed by atoms with Gasteiger partial charge in [-0.05, 0) is 12.8 Å². The second-order valence-corrected chi connectivity index (χ2v) is 2.64. The Kier molecular flexibility index (Phi) is 0.835. The van der Waals surface area contributed by atoms with Crippen molar-refractivity contribution < 1.29 is 4.74 Å². The van der Waals surface area contributed by atoms with Crippen molar-refractivity contribution in [2.24, 2.45) is 0 Å². The molecule has 0 amide bonds. The highest BCUT2D eigenvalue weighted by atomic mass is 32.1. The molecule has 44 valence electrons. The van der Waals surface area contributed by atoms with Crippen molar-refractivity contribution in [3.63, 3.8) is 0 Å². The summed E-state index contributed by atoms with van der Waals surface area (Å²) in [6.07, 6.45) is 2.77. The summed E-state index contributed by atoms with van der Waals surface area (Å²) >= 11 is 4.93. The first-order chi connectivity index (χ1) is 3.86. The largest absolute Gasteiger partial charge is 0.352 e. The Morgan fingerprint density at radius 3 is 2.75 bits per heavy atom. The number of fused-ring (bicyclic) bond motifs is 2. The van der Waals surface area contributed by atoms with Crippen LogP contribution in [0, 0.1) is 0 Å². The Balaban J connectivity index is 2.22. The second-order valence-electron chi connectivity index (χ2n) is 2.20. The Morgan fingerprint density at radius 1 is 1.62 bits per heavy atom. The predicted molar refractivity (Wildman–Crippen MR) is 33.6 cm³/mol. The lowest BCUT2D eigenvalue weighted by Gasteiger charge is -2.06. The molecule has 0 radical (unpaired) electrons. The normalized spacial score (nSPS) is 42.8. The van der Waals surface area contributed by atoms with Crippen molar-refractivity contribution in [3.8, 4) is 0 Å². The van der Waals surface area contributed by atoms with E-state index in [1.165, 1.54) is 0 Å². The average molecular weight is 129 g/mol. The number of hydrogen-bond donors (Lipinski definition) is 1. The molecule has 2 aliphatic heterocycles. The first kappa shape index (κ1) is 4.70. The van der Waals surface area contributed by atoms with Gasteiger partial charge in [-0.25, -0.2) is 0 Å². The Labute approximate surface area is 53.2 Å². The smallest absolute Gasteiger partial charge is 0.129 e. The van der Waals surface area contributed by atoms with E-state index in [-0.39, 0.29) is 12.3 Å². The molecule has 0 aromatic heterocycles. The predicted octanol–water partition coefficient (Wildman–Crippen LogP) is 0.422. The van der Waals surface area contributed by atoms with E-state index in [1.807, 2.05) is 0 Å². The van der Waals surface area contributed by atoms with E-state index in [0.29, 0.717) is 0 Å². The van der Waals surface area contributed by atoms with E-state index in [0.717, 1.165) is 17.8 Å². The van der Waals surface area contributed by atoms with Gasteiger partial charge in [0.2, 0.25) is 0 Å². The third kappa shape index (κ3) is 0.485. The monoisotopic (exact) mass is 129 g/mol. The molecule has 0 aromatic rings. The highest BCUT2D eigenvalue weighted by Crippen LogP contribution is 2.24. The highest BCUT2D eigenvalue weighted by molar-refractivity contribution is 7.80. The van der Waals surface area contributed by atoms with Crippen molar-refractivity contribution in [2.45, 2.75) is 25.2 Å². The maximum Gasteiger partial charge on any atom is 0.129 e. The molecule has 2 atom stereocenters. The molecule has 0 saturated carbocycles. The van der Waals surface area contributed by atoms with Crippen LogP contribution in [-0.2, 0) is 4.74 Å². The summed E-state index contributed by atoms with van der Waals surface area (Å²) in [5, 5.41) is 3.06. The quantitative estimate of drug-likeness (QED) is 0.479. The van der Waals surface area contributed by atoms with Gasteiger partial charge in [-0.15, -0.1) is 0 Å². The summed E-state index contributed by atoms with van der Waals surface area (Å²) in [7, 11) is 0. The molecule has 0 aromatic carbocycles. The number of rotatable bonds is 0. The molecule has 2 heterocycles. The van der Waals surface area contributed by atoms with Gasteiger partial charge in [0, 0.05) is 0 Å². The number of piperidine rings is 1. The zero-order valence-electron chi connectivity index (χ0n) is 4.39. The van der Waals surface area contributed by atoms with Crippen molar-refractivity contribution in [2.75, 3.05) is 0 Å². The minimum absolute atomic E-state index is 0.257. The molecule has 2 nitrogen and oxygen atoms in total. The van der Waals surface area contributed by atoms with Gasteiger partial charge >= 0.3 is 0 Å². The van der Waals surface area contributed by atoms with Crippen LogP contribution in [0.3, 0.4) is 0 Å². The van der Waals surface area contributed by atoms with Gasteiger partial charge in [-0.1, -0.05) is 12.2 Å². The van der Waals surface area contributed by atoms with E-state index < -0.39 is 0 Å². The fourth-order valence-electron chi connectivity index (χ4n) is 1.19. The zero-order chi connectivity index (χ0) is 5.56. The van der Waals surface area contributed by atoms with E-state index >= 15 is 0 Å². The molecular formula is C5H7NOS. The number of hydrogen-bond acceptors (Lipinski definition) is 2. The van der Waals surface area contributed by atoms with Gasteiger partial charge < -0.3 is 10.1 Å². The van der Waals surface area contributed by atoms with Crippen LogP contribution < -0.4 is 5.32 Å². The number of thiocarbonyl (C=S) groups is 1. The lowest BCUT2D eigenvalue weighted by atomic mass is 10.2. The summed E-state index contributed by atoms with van der Waals surface area (Å²) in [6, 6.07) is 0. The Morgan fingerprint density at radius 2 is 2.50 bits per heavy atom. The molecule has 2 fully saturated rings. The van der Waals surface area contributed by atoms with Crippen LogP contribution in [0.2, 0.25) is 0 Å². The van der Waals surface area contributed by atoms with Gasteiger partial charge in [-0.2, -0.15) is 0 Å². The topological polar surface area (TPSA) is 21.3 Å². The molecule has 1 N–H and O–H groups in total. The van der Waals surface area contributed by atoms with Gasteiger partial charge in [-0.3, -0.25) is 0 Å². The Hall–Kier alpha value is -0.150. The first-order valence-corrected chi connectivity index (χ1v) is 3.23. The van der Waals surface area contributed by atoms with Gasteiger partial charge in [0.1, 0.15) is 17.3 Å². The molecule has 2 rings (SSSR count). The Bertz CT molecular complexity index is 136. The molecule has 0 spiro atoms. The van der Waals surface area contributed by atoms with Crippen molar-refractivity contribution in [3.05, 3.63) is 0 Å². The van der Waals surface area contributed by atoms with Crippen molar-refractivity contribution in [1.82, 2.24) is 5.32 Å². The zero-order valence-corrected chi connectivity index (χ0v) is 5.20. The number of nitrogens with one attached hydrogen (secondary N) is 1. The summed E-state index contributed by atoms with van der Waals surface area (Å²) in [5.41, 5.74) is 0. The van der Waals surface area contributed by atoms with E-state index in [9.17, 15) is 0 Å². The van der Waals surface area contributed by atoms with E-state index in [2.05, 4.69) is 5.32 Å². The molecule has 2 saturated heterocycles. The lowest BCUT2D eigenvalue weighted by molar-refractivity contribution is 0.106. The van der Waals surface area contributed by atoms with Crippen molar-refractivity contribution in [1.29, 1.82) is 0 Å². The van der Waals surface area contributed by atoms with Gasteiger partial charge in [0.05, 0.1) is 0 Å².